The Morgan fingerprint density at radius 3 is 2.63 bits per heavy atom. The van der Waals surface area contributed by atoms with Crippen LogP contribution in [0.3, 0.4) is 0 Å². The Morgan fingerprint density at radius 2 is 2.00 bits per heavy atom. The van der Waals surface area contributed by atoms with Crippen LogP contribution in [0.4, 0.5) is 5.69 Å². The first-order chi connectivity index (χ1) is 8.97. The van der Waals surface area contributed by atoms with E-state index in [1.165, 1.54) is 22.9 Å². The number of amides is 1. The zero-order valence-corrected chi connectivity index (χ0v) is 12.2. The third-order valence-electron chi connectivity index (χ3n) is 2.78. The van der Waals surface area contributed by atoms with Crippen molar-refractivity contribution in [3.8, 4) is 0 Å². The highest BCUT2D eigenvalue weighted by atomic mass is 79.9. The average Bonchev–Trinajstić information content (AvgIpc) is 2.36. The van der Waals surface area contributed by atoms with Gasteiger partial charge in [0.1, 0.15) is 0 Å². The van der Waals surface area contributed by atoms with Crippen LogP contribution < -0.4 is 10.9 Å². The maximum atomic E-state index is 12.1. The molecule has 0 saturated heterocycles. The predicted octanol–water partition coefficient (Wildman–Crippen LogP) is 2.71. The molecule has 0 fully saturated rings. The number of halogens is 1. The third kappa shape index (κ3) is 3.12. The Hall–Kier alpha value is -1.88. The van der Waals surface area contributed by atoms with E-state index >= 15 is 0 Å². The average molecular weight is 321 g/mol. The van der Waals surface area contributed by atoms with E-state index < -0.39 is 0 Å². The predicted molar refractivity (Wildman–Crippen MR) is 78.5 cm³/mol. The molecule has 0 aliphatic heterocycles. The summed E-state index contributed by atoms with van der Waals surface area (Å²) in [5.74, 6) is -0.235. The van der Waals surface area contributed by atoms with Crippen molar-refractivity contribution >= 4 is 27.5 Å². The highest BCUT2D eigenvalue weighted by Crippen LogP contribution is 2.20. The third-order valence-corrected chi connectivity index (χ3v) is 3.28. The zero-order chi connectivity index (χ0) is 14.0. The van der Waals surface area contributed by atoms with Crippen molar-refractivity contribution in [2.24, 2.45) is 7.05 Å². The van der Waals surface area contributed by atoms with Gasteiger partial charge in [-0.2, -0.15) is 0 Å². The van der Waals surface area contributed by atoms with Gasteiger partial charge in [-0.3, -0.25) is 9.59 Å². The van der Waals surface area contributed by atoms with Crippen molar-refractivity contribution in [3.05, 3.63) is 62.5 Å². The van der Waals surface area contributed by atoms with Crippen molar-refractivity contribution < 1.29 is 4.79 Å². The maximum Gasteiger partial charge on any atom is 0.257 e. The first kappa shape index (κ1) is 13.5. The van der Waals surface area contributed by atoms with Crippen molar-refractivity contribution in [2.75, 3.05) is 5.32 Å². The lowest BCUT2D eigenvalue weighted by molar-refractivity contribution is 0.102. The fourth-order valence-corrected chi connectivity index (χ4v) is 2.17. The van der Waals surface area contributed by atoms with Gasteiger partial charge in [0.05, 0.1) is 5.56 Å². The van der Waals surface area contributed by atoms with E-state index in [1.807, 2.05) is 25.1 Å². The van der Waals surface area contributed by atoms with E-state index in [9.17, 15) is 9.59 Å². The van der Waals surface area contributed by atoms with Gasteiger partial charge in [-0.1, -0.05) is 15.9 Å². The van der Waals surface area contributed by atoms with E-state index in [1.54, 1.807) is 7.05 Å². The minimum atomic E-state index is -0.235. The smallest absolute Gasteiger partial charge is 0.257 e. The summed E-state index contributed by atoms with van der Waals surface area (Å²) in [6.07, 6.45) is 1.52. The summed E-state index contributed by atoms with van der Waals surface area (Å²) in [6.45, 7) is 1.92. The van der Waals surface area contributed by atoms with Crippen LogP contribution >= 0.6 is 15.9 Å². The molecule has 0 unspecified atom stereocenters. The SMILES string of the molecule is Cc1cc(Br)ccc1NC(=O)c1ccc(=O)n(C)c1. The number of benzene rings is 1. The molecule has 2 aromatic rings. The molecule has 0 spiro atoms. The standard InChI is InChI=1S/C14H13BrN2O2/c1-9-7-11(15)4-5-12(9)16-14(19)10-3-6-13(18)17(2)8-10/h3-8H,1-2H3,(H,16,19). The van der Waals surface area contributed by atoms with Crippen molar-refractivity contribution in [3.63, 3.8) is 0 Å². The largest absolute Gasteiger partial charge is 0.322 e. The number of nitrogens with zero attached hydrogens (tertiary/aromatic N) is 1. The molecule has 0 saturated carbocycles. The molecule has 1 N–H and O–H groups in total. The summed E-state index contributed by atoms with van der Waals surface area (Å²) in [6, 6.07) is 8.52. The van der Waals surface area contributed by atoms with Gasteiger partial charge in [-0.05, 0) is 36.8 Å². The minimum absolute atomic E-state index is 0.142. The number of hydrogen-bond acceptors (Lipinski definition) is 2. The van der Waals surface area contributed by atoms with Gasteiger partial charge in [0.2, 0.25) is 5.56 Å². The Balaban J connectivity index is 2.25. The molecule has 19 heavy (non-hydrogen) atoms. The number of carbonyl (C=O) groups excluding carboxylic acids is 1. The lowest BCUT2D eigenvalue weighted by Gasteiger charge is -2.09. The van der Waals surface area contributed by atoms with Gasteiger partial charge in [0.25, 0.3) is 5.91 Å². The second-order valence-corrected chi connectivity index (χ2v) is 5.20. The normalized spacial score (nSPS) is 10.3. The van der Waals surface area contributed by atoms with E-state index in [4.69, 9.17) is 0 Å². The van der Waals surface area contributed by atoms with Crippen LogP contribution in [0.2, 0.25) is 0 Å². The van der Waals surface area contributed by atoms with Gasteiger partial charge >= 0.3 is 0 Å². The number of anilines is 1. The summed E-state index contributed by atoms with van der Waals surface area (Å²) in [7, 11) is 1.62. The van der Waals surface area contributed by atoms with E-state index in [0.29, 0.717) is 5.56 Å². The number of carbonyl (C=O) groups is 1. The summed E-state index contributed by atoms with van der Waals surface area (Å²) in [4.78, 5) is 23.3. The second-order valence-electron chi connectivity index (χ2n) is 4.28. The Bertz CT molecular complexity index is 692. The van der Waals surface area contributed by atoms with Crippen molar-refractivity contribution in [2.45, 2.75) is 6.92 Å². The van der Waals surface area contributed by atoms with Crippen LogP contribution in [-0.2, 0) is 7.05 Å². The minimum Gasteiger partial charge on any atom is -0.322 e. The zero-order valence-electron chi connectivity index (χ0n) is 10.6. The quantitative estimate of drug-likeness (QED) is 0.925. The highest BCUT2D eigenvalue weighted by Gasteiger charge is 2.08. The highest BCUT2D eigenvalue weighted by molar-refractivity contribution is 9.10. The van der Waals surface area contributed by atoms with E-state index in [2.05, 4.69) is 21.2 Å². The molecule has 1 aromatic heterocycles. The molecule has 2 rings (SSSR count). The molecule has 0 aliphatic carbocycles. The molecular formula is C14H13BrN2O2. The number of aryl methyl sites for hydroxylation is 2. The number of pyridine rings is 1. The van der Waals surface area contributed by atoms with E-state index in [0.717, 1.165) is 15.7 Å². The number of aromatic nitrogens is 1. The Kier molecular flexibility index (Phi) is 3.85. The second kappa shape index (κ2) is 5.40. The molecule has 0 bridgehead atoms. The molecule has 1 aromatic carbocycles. The maximum absolute atomic E-state index is 12.1. The molecule has 5 heteroatoms. The number of nitrogens with one attached hydrogen (secondary N) is 1. The molecule has 98 valence electrons. The fraction of sp³-hybridized carbons (Fsp3) is 0.143. The van der Waals surface area contributed by atoms with Gasteiger partial charge in [-0.15, -0.1) is 0 Å². The molecule has 4 nitrogen and oxygen atoms in total. The number of rotatable bonds is 2. The summed E-state index contributed by atoms with van der Waals surface area (Å²) >= 11 is 3.37. The lowest BCUT2D eigenvalue weighted by Crippen LogP contribution is -2.19. The first-order valence-electron chi connectivity index (χ1n) is 5.71. The number of hydrogen-bond donors (Lipinski definition) is 1. The Labute approximate surface area is 119 Å². The summed E-state index contributed by atoms with van der Waals surface area (Å²) in [5, 5.41) is 2.83. The first-order valence-corrected chi connectivity index (χ1v) is 6.51. The molecule has 1 heterocycles. The Morgan fingerprint density at radius 1 is 1.26 bits per heavy atom. The lowest BCUT2D eigenvalue weighted by atomic mass is 10.2. The molecular weight excluding hydrogens is 308 g/mol. The van der Waals surface area contributed by atoms with Gasteiger partial charge in [-0.25, -0.2) is 0 Å². The van der Waals surface area contributed by atoms with Gasteiger partial charge < -0.3 is 9.88 Å². The van der Waals surface area contributed by atoms with E-state index in [-0.39, 0.29) is 11.5 Å². The van der Waals surface area contributed by atoms with Crippen LogP contribution in [0.25, 0.3) is 0 Å². The van der Waals surface area contributed by atoms with Crippen LogP contribution in [0, 0.1) is 6.92 Å². The molecule has 0 aliphatic rings. The fourth-order valence-electron chi connectivity index (χ4n) is 1.69. The molecule has 1 amide bonds. The van der Waals surface area contributed by atoms with Crippen LogP contribution in [-0.4, -0.2) is 10.5 Å². The summed E-state index contributed by atoms with van der Waals surface area (Å²) in [5.41, 5.74) is 2.02. The van der Waals surface area contributed by atoms with Gasteiger partial charge in [0.15, 0.2) is 0 Å². The van der Waals surface area contributed by atoms with Crippen LogP contribution in [0.5, 0.6) is 0 Å². The molecule has 0 radical (unpaired) electrons. The van der Waals surface area contributed by atoms with Crippen LogP contribution in [0.15, 0.2) is 45.8 Å². The van der Waals surface area contributed by atoms with Crippen molar-refractivity contribution in [1.82, 2.24) is 4.57 Å². The van der Waals surface area contributed by atoms with Gasteiger partial charge in [0, 0.05) is 29.5 Å². The van der Waals surface area contributed by atoms with Crippen molar-refractivity contribution in [1.29, 1.82) is 0 Å². The topological polar surface area (TPSA) is 51.1 Å². The molecule has 0 atom stereocenters. The monoisotopic (exact) mass is 320 g/mol. The summed E-state index contributed by atoms with van der Waals surface area (Å²) < 4.78 is 2.34. The van der Waals surface area contributed by atoms with Crippen LogP contribution in [0.1, 0.15) is 15.9 Å².